The highest BCUT2D eigenvalue weighted by Gasteiger charge is 2.80. The van der Waals surface area contributed by atoms with Gasteiger partial charge < -0.3 is 19.2 Å². The van der Waals surface area contributed by atoms with Gasteiger partial charge in [0.1, 0.15) is 17.1 Å². The Morgan fingerprint density at radius 2 is 0.506 bits per heavy atom. The molecule has 0 radical (unpaired) electrons. The molecule has 3 fully saturated rings. The van der Waals surface area contributed by atoms with Crippen molar-refractivity contribution >= 4 is 31.6 Å². The molecule has 0 saturated carbocycles. The number of hydrazine groups is 6. The third-order valence-electron chi connectivity index (χ3n) is 11.8. The largest absolute Gasteiger partial charge is 0.822 e. The summed E-state index contributed by atoms with van der Waals surface area (Å²) in [6, 6.07) is 0. The van der Waals surface area contributed by atoms with E-state index < -0.39 is 133 Å². The van der Waals surface area contributed by atoms with Crippen molar-refractivity contribution < 1.29 is 113 Å². The average molecular weight is 1320 g/mol. The smallest absolute Gasteiger partial charge is 0.403 e. The summed E-state index contributed by atoms with van der Waals surface area (Å²) in [6.45, 7) is 0. The molecule has 6 rings (SSSR count). The molecule has 3 atom stereocenters. The van der Waals surface area contributed by atoms with Crippen molar-refractivity contribution in [1.29, 1.82) is 0 Å². The van der Waals surface area contributed by atoms with Crippen LogP contribution in [-0.2, 0) is 18.4 Å². The van der Waals surface area contributed by atoms with Gasteiger partial charge in [0, 0.05) is 143 Å². The molecular formula is C36H60F18N18O7P4. The van der Waals surface area contributed by atoms with E-state index >= 15 is 0 Å². The monoisotopic (exact) mass is 1320 g/mol. The summed E-state index contributed by atoms with van der Waals surface area (Å²) in [4.78, 5) is 25.6. The first-order valence-corrected chi connectivity index (χ1v) is 28.6. The molecule has 3 aliphatic heterocycles. The van der Waals surface area contributed by atoms with Crippen LogP contribution in [-0.4, -0.2) is 251 Å². The Kier molecular flexibility index (Phi) is 22.8. The topological polar surface area (TPSA) is 172 Å². The van der Waals surface area contributed by atoms with Crippen LogP contribution in [0.25, 0.3) is 0 Å². The van der Waals surface area contributed by atoms with Crippen molar-refractivity contribution in [3.05, 3.63) is 71.0 Å². The summed E-state index contributed by atoms with van der Waals surface area (Å²) >= 11 is 0. The predicted molar refractivity (Wildman–Crippen MR) is 256 cm³/mol. The van der Waals surface area contributed by atoms with Gasteiger partial charge >= 0.3 is 59.0 Å². The fourth-order valence-electron chi connectivity index (χ4n) is 8.49. The lowest BCUT2D eigenvalue weighted by Crippen LogP contribution is -2.54. The van der Waals surface area contributed by atoms with Crippen LogP contribution in [0.2, 0.25) is 0 Å². The first kappa shape index (κ1) is 74.5. The maximum absolute atomic E-state index is 14.9. The summed E-state index contributed by atoms with van der Waals surface area (Å²) in [6.07, 6.45) is 2.19. The number of alkyl halides is 9. The lowest BCUT2D eigenvalue weighted by molar-refractivity contribution is -0.432. The normalized spacial score (nSPS) is 26.5. The molecule has 0 aromatic carbocycles. The van der Waals surface area contributed by atoms with E-state index in [1.807, 2.05) is 0 Å². The van der Waals surface area contributed by atoms with Crippen molar-refractivity contribution in [3.63, 3.8) is 0 Å². The number of allylic oxidation sites excluding steroid dienone is 6. The van der Waals surface area contributed by atoms with E-state index in [4.69, 9.17) is 33.1 Å². The standard InChI is InChI=1S/3C12H20F6N6OP.H3O4P/c3*1-19(2)26(20(3)4,21(5)6)25-22-10-8-7-9(13)11(14,15)12(10,16)23(17)24(22)18;1-5(2,3)4/h3*7-8H,1-6H3;(H3,1,2,3,4)/q3*+1;/p-3. The molecule has 83 heavy (non-hydrogen) atoms. The molecule has 0 aromatic heterocycles. The second-order valence-electron chi connectivity index (χ2n) is 19.0. The molecule has 0 N–H and O–H groups in total. The predicted octanol–water partition coefficient (Wildman–Crippen LogP) is 5.73. The molecule has 0 aromatic rings. The van der Waals surface area contributed by atoms with Gasteiger partial charge in [-0.1, -0.05) is 29.0 Å². The zero-order chi connectivity index (χ0) is 65.2. The van der Waals surface area contributed by atoms with Crippen LogP contribution in [0.1, 0.15) is 0 Å². The fourth-order valence-corrected chi connectivity index (χ4v) is 17.3. The van der Waals surface area contributed by atoms with E-state index in [9.17, 15) is 79.6 Å². The molecule has 0 bridgehead atoms. The minimum absolute atomic E-state index is 0.0787. The van der Waals surface area contributed by atoms with Crippen LogP contribution in [0.4, 0.5) is 79.6 Å². The van der Waals surface area contributed by atoms with E-state index in [2.05, 4.69) is 0 Å². The van der Waals surface area contributed by atoms with Gasteiger partial charge in [0.2, 0.25) is 0 Å². The Morgan fingerprint density at radius 1 is 0.361 bits per heavy atom. The molecule has 3 heterocycles. The minimum Gasteiger partial charge on any atom is -0.822 e. The van der Waals surface area contributed by atoms with Gasteiger partial charge in [-0.05, 0) is 50.3 Å². The van der Waals surface area contributed by atoms with Crippen LogP contribution in [0.5, 0.6) is 0 Å². The number of halogens is 18. The third kappa shape index (κ3) is 12.0. The van der Waals surface area contributed by atoms with E-state index in [-0.39, 0.29) is 33.7 Å². The minimum atomic E-state index is -5.39. The number of nitrogens with zero attached hydrogens (tertiary/aromatic N) is 18. The molecule has 0 amide bonds. The van der Waals surface area contributed by atoms with Gasteiger partial charge in [-0.25, -0.2) is 26.3 Å². The second kappa shape index (κ2) is 25.4. The number of hydrogen-bond donors (Lipinski definition) is 0. The summed E-state index contributed by atoms with van der Waals surface area (Å²) < 4.78 is 293. The molecule has 25 nitrogen and oxygen atoms in total. The Bertz CT molecular complexity index is 2260. The van der Waals surface area contributed by atoms with E-state index in [1.165, 1.54) is 42.0 Å². The van der Waals surface area contributed by atoms with Gasteiger partial charge in [-0.2, -0.15) is 34.2 Å². The SMILES string of the molecule is CN(C)[P+](ON1C2=CC=C(F)C(F)(F)C2(F)N(F)N1F)(N(C)C)N(C)C.CN(C)[P+](ON1C2=CC=C(F)C(F)(F)C2(F)N(F)N1F)(N(C)C)N(C)C.CN(C)[P+](ON1C2=CC=C(F)C(F)(F)C2(F)N(F)N1F)(N(C)C)N(C)C.O=P([O-])([O-])[O-]. The number of phosphoric acid groups is 1. The molecule has 0 spiro atoms. The van der Waals surface area contributed by atoms with Crippen molar-refractivity contribution in [2.45, 2.75) is 35.1 Å². The van der Waals surface area contributed by atoms with E-state index in [0.717, 1.165) is 0 Å². The molecule has 3 saturated heterocycles. The van der Waals surface area contributed by atoms with E-state index in [0.29, 0.717) is 18.2 Å². The molecule has 482 valence electrons. The summed E-state index contributed by atoms with van der Waals surface area (Å²) in [5, 5.41) is -8.16. The average Bonchev–Trinajstić information content (AvgIpc) is 2.10. The van der Waals surface area contributed by atoms with Gasteiger partial charge in [-0.15, -0.1) is 55.5 Å². The summed E-state index contributed by atoms with van der Waals surface area (Å²) in [7, 11) is 13.4. The Hall–Kier alpha value is -2.74. The first-order valence-electron chi connectivity index (χ1n) is 22.5. The number of rotatable bonds is 15. The maximum atomic E-state index is 14.9. The molecule has 6 aliphatic rings. The summed E-state index contributed by atoms with van der Waals surface area (Å²) in [5.41, 5.74) is -3.74. The van der Waals surface area contributed by atoms with Crippen LogP contribution in [0.3, 0.4) is 0 Å². The molecule has 47 heteroatoms. The van der Waals surface area contributed by atoms with Crippen LogP contribution < -0.4 is 14.7 Å². The highest BCUT2D eigenvalue weighted by molar-refractivity contribution is 7.64. The second-order valence-corrected chi connectivity index (χ2v) is 30.6. The summed E-state index contributed by atoms with van der Waals surface area (Å²) in [5.74, 6) is -35.0. The van der Waals surface area contributed by atoms with Crippen molar-refractivity contribution in [2.24, 2.45) is 0 Å². The highest BCUT2D eigenvalue weighted by atomic mass is 31.2. The van der Waals surface area contributed by atoms with E-state index in [1.54, 1.807) is 127 Å². The molecule has 3 aliphatic carbocycles. The van der Waals surface area contributed by atoms with Crippen LogP contribution in [0, 0.1) is 0 Å². The quantitative estimate of drug-likeness (QED) is 0.0842. The lowest BCUT2D eigenvalue weighted by atomic mass is 9.98. The number of hydroxylamine groups is 3. The van der Waals surface area contributed by atoms with Gasteiger partial charge in [0.05, 0.1) is 16.0 Å². The number of fused-ring (bicyclic) bond motifs is 3. The molecular weight excluding hydrogens is 1260 g/mol. The molecule has 3 unspecified atom stereocenters. The first-order chi connectivity index (χ1) is 37.3. The van der Waals surface area contributed by atoms with Gasteiger partial charge in [0.15, 0.2) is 17.5 Å². The Labute approximate surface area is 466 Å². The maximum Gasteiger partial charge on any atom is 0.403 e. The Balaban J connectivity index is 0.000000313. The van der Waals surface area contributed by atoms with Gasteiger partial charge in [-0.3, -0.25) is 0 Å². The highest BCUT2D eigenvalue weighted by Crippen LogP contribution is 2.70. The zero-order valence-electron chi connectivity index (χ0n) is 47.0. The van der Waals surface area contributed by atoms with Crippen molar-refractivity contribution in [2.75, 3.05) is 127 Å². The Morgan fingerprint density at radius 3 is 0.639 bits per heavy atom. The zero-order valence-corrected chi connectivity index (χ0v) is 50.5. The third-order valence-corrected chi connectivity index (χ3v) is 22.3. The van der Waals surface area contributed by atoms with Crippen molar-refractivity contribution in [1.82, 2.24) is 89.3 Å². The fraction of sp³-hybridized carbons (Fsp3) is 0.667. The van der Waals surface area contributed by atoms with Crippen molar-refractivity contribution in [3.8, 4) is 0 Å². The lowest BCUT2D eigenvalue weighted by Gasteiger charge is -2.38. The van der Waals surface area contributed by atoms with Crippen LogP contribution in [0.15, 0.2) is 71.0 Å². The number of hydrogen-bond acceptors (Lipinski definition) is 25. The van der Waals surface area contributed by atoms with Crippen LogP contribution >= 0.6 is 31.6 Å². The van der Waals surface area contributed by atoms with Gasteiger partial charge in [0.25, 0.3) is 0 Å².